The fourth-order valence-corrected chi connectivity index (χ4v) is 2.96. The van der Waals surface area contributed by atoms with Gasteiger partial charge >= 0.3 is 5.63 Å². The van der Waals surface area contributed by atoms with Crippen LogP contribution in [0.5, 0.6) is 0 Å². The minimum absolute atomic E-state index is 0.285. The van der Waals surface area contributed by atoms with Crippen LogP contribution in [0.2, 0.25) is 0 Å². The molecule has 2 heteroatoms. The fraction of sp³-hybridized carbons (Fsp3) is 0.0952. The SMILES string of the molecule is Cc1ccc(-c2ccc3c(c2)c(=O)oc2cc(C)ccc23)cc1. The minimum Gasteiger partial charge on any atom is -0.422 e. The van der Waals surface area contributed by atoms with Gasteiger partial charge in [0.15, 0.2) is 0 Å². The second-order valence-electron chi connectivity index (χ2n) is 6.02. The van der Waals surface area contributed by atoms with Gasteiger partial charge in [-0.15, -0.1) is 0 Å². The van der Waals surface area contributed by atoms with Crippen molar-refractivity contribution < 1.29 is 4.42 Å². The molecule has 0 unspecified atom stereocenters. The number of benzene rings is 3. The predicted molar refractivity (Wildman–Crippen MR) is 94.9 cm³/mol. The zero-order chi connectivity index (χ0) is 16.0. The van der Waals surface area contributed by atoms with E-state index in [4.69, 9.17) is 4.42 Å². The number of rotatable bonds is 1. The van der Waals surface area contributed by atoms with Gasteiger partial charge in [0.1, 0.15) is 5.58 Å². The first-order valence-electron chi connectivity index (χ1n) is 7.66. The lowest BCUT2D eigenvalue weighted by Gasteiger charge is -2.07. The summed E-state index contributed by atoms with van der Waals surface area (Å²) in [4.78, 5) is 12.4. The average molecular weight is 300 g/mol. The number of aryl methyl sites for hydroxylation is 2. The molecule has 0 saturated carbocycles. The van der Waals surface area contributed by atoms with Gasteiger partial charge in [-0.1, -0.05) is 54.1 Å². The Bertz CT molecular complexity index is 1090. The van der Waals surface area contributed by atoms with Crippen LogP contribution in [0.4, 0.5) is 0 Å². The standard InChI is InChI=1S/C21H16O2/c1-13-3-6-15(7-4-13)16-8-10-17-18-9-5-14(2)11-20(18)23-21(22)19(17)12-16/h3-12H,1-2H3. The summed E-state index contributed by atoms with van der Waals surface area (Å²) in [6.45, 7) is 4.05. The summed E-state index contributed by atoms with van der Waals surface area (Å²) in [6.07, 6.45) is 0. The van der Waals surface area contributed by atoms with Gasteiger partial charge in [0, 0.05) is 5.39 Å². The number of hydrogen-bond acceptors (Lipinski definition) is 2. The summed E-state index contributed by atoms with van der Waals surface area (Å²) >= 11 is 0. The van der Waals surface area contributed by atoms with Crippen molar-refractivity contribution in [1.82, 2.24) is 0 Å². The van der Waals surface area contributed by atoms with E-state index in [1.54, 1.807) is 0 Å². The van der Waals surface area contributed by atoms with Crippen molar-refractivity contribution in [2.45, 2.75) is 13.8 Å². The highest BCUT2D eigenvalue weighted by Crippen LogP contribution is 2.28. The van der Waals surface area contributed by atoms with Crippen molar-refractivity contribution in [2.75, 3.05) is 0 Å². The van der Waals surface area contributed by atoms with Gasteiger partial charge in [-0.3, -0.25) is 0 Å². The fourth-order valence-electron chi connectivity index (χ4n) is 2.96. The van der Waals surface area contributed by atoms with Crippen molar-refractivity contribution in [3.63, 3.8) is 0 Å². The third-order valence-electron chi connectivity index (χ3n) is 4.25. The lowest BCUT2D eigenvalue weighted by molar-refractivity contribution is 0.569. The van der Waals surface area contributed by atoms with E-state index < -0.39 is 0 Å². The Hall–Kier alpha value is -2.87. The third kappa shape index (κ3) is 2.33. The van der Waals surface area contributed by atoms with Crippen molar-refractivity contribution in [3.8, 4) is 11.1 Å². The second kappa shape index (κ2) is 5.10. The highest BCUT2D eigenvalue weighted by Gasteiger charge is 2.09. The van der Waals surface area contributed by atoms with E-state index in [0.29, 0.717) is 11.0 Å². The zero-order valence-corrected chi connectivity index (χ0v) is 13.1. The molecule has 0 amide bonds. The van der Waals surface area contributed by atoms with Crippen LogP contribution in [-0.4, -0.2) is 0 Å². The van der Waals surface area contributed by atoms with Crippen LogP contribution in [0.15, 0.2) is 69.9 Å². The van der Waals surface area contributed by atoms with Gasteiger partial charge in [0.25, 0.3) is 0 Å². The molecule has 0 radical (unpaired) electrons. The molecule has 0 bridgehead atoms. The van der Waals surface area contributed by atoms with Crippen molar-refractivity contribution in [1.29, 1.82) is 0 Å². The Balaban J connectivity index is 2.01. The molecule has 1 aromatic heterocycles. The lowest BCUT2D eigenvalue weighted by atomic mass is 9.99. The Morgan fingerprint density at radius 1 is 0.652 bits per heavy atom. The van der Waals surface area contributed by atoms with E-state index in [9.17, 15) is 4.79 Å². The molecule has 4 aromatic rings. The van der Waals surface area contributed by atoms with E-state index >= 15 is 0 Å². The minimum atomic E-state index is -0.285. The predicted octanol–water partition coefficient (Wildman–Crippen LogP) is 5.23. The van der Waals surface area contributed by atoms with Gasteiger partial charge in [-0.25, -0.2) is 4.79 Å². The summed E-state index contributed by atoms with van der Waals surface area (Å²) in [5.74, 6) is 0. The molecule has 0 aliphatic rings. The normalized spacial score (nSPS) is 11.2. The van der Waals surface area contributed by atoms with Crippen LogP contribution in [0.1, 0.15) is 11.1 Å². The maximum atomic E-state index is 12.4. The van der Waals surface area contributed by atoms with Crippen LogP contribution in [-0.2, 0) is 0 Å². The molecular formula is C21H16O2. The first-order chi connectivity index (χ1) is 11.1. The van der Waals surface area contributed by atoms with E-state index in [1.165, 1.54) is 5.56 Å². The van der Waals surface area contributed by atoms with E-state index in [-0.39, 0.29) is 5.63 Å². The smallest absolute Gasteiger partial charge is 0.344 e. The molecule has 0 fully saturated rings. The highest BCUT2D eigenvalue weighted by atomic mass is 16.4. The van der Waals surface area contributed by atoms with Gasteiger partial charge in [-0.05, 0) is 48.1 Å². The Morgan fingerprint density at radius 3 is 2.09 bits per heavy atom. The van der Waals surface area contributed by atoms with Crippen LogP contribution in [0, 0.1) is 13.8 Å². The summed E-state index contributed by atoms with van der Waals surface area (Å²) in [7, 11) is 0. The quantitative estimate of drug-likeness (QED) is 0.356. The zero-order valence-electron chi connectivity index (χ0n) is 13.1. The van der Waals surface area contributed by atoms with E-state index in [0.717, 1.165) is 27.5 Å². The largest absolute Gasteiger partial charge is 0.422 e. The van der Waals surface area contributed by atoms with Crippen molar-refractivity contribution in [2.24, 2.45) is 0 Å². The Morgan fingerprint density at radius 2 is 1.30 bits per heavy atom. The topological polar surface area (TPSA) is 30.2 Å². The summed E-state index contributed by atoms with van der Waals surface area (Å²) in [6, 6.07) is 20.2. The summed E-state index contributed by atoms with van der Waals surface area (Å²) in [5.41, 5.74) is 4.78. The molecule has 0 aliphatic heterocycles. The van der Waals surface area contributed by atoms with Crippen molar-refractivity contribution in [3.05, 3.63) is 82.2 Å². The van der Waals surface area contributed by atoms with Crippen LogP contribution in [0.25, 0.3) is 32.9 Å². The molecule has 112 valence electrons. The summed E-state index contributed by atoms with van der Waals surface area (Å²) < 4.78 is 5.51. The molecule has 4 rings (SSSR count). The van der Waals surface area contributed by atoms with Gasteiger partial charge in [0.2, 0.25) is 0 Å². The molecule has 0 aliphatic carbocycles. The molecule has 0 atom stereocenters. The molecule has 0 saturated heterocycles. The molecule has 1 heterocycles. The molecule has 2 nitrogen and oxygen atoms in total. The van der Waals surface area contributed by atoms with Crippen LogP contribution in [0.3, 0.4) is 0 Å². The van der Waals surface area contributed by atoms with Crippen LogP contribution >= 0.6 is 0 Å². The van der Waals surface area contributed by atoms with Crippen LogP contribution < -0.4 is 5.63 Å². The summed E-state index contributed by atoms with van der Waals surface area (Å²) in [5, 5.41) is 2.53. The highest BCUT2D eigenvalue weighted by molar-refractivity contribution is 6.05. The Kier molecular flexibility index (Phi) is 3.05. The van der Waals surface area contributed by atoms with Gasteiger partial charge in [-0.2, -0.15) is 0 Å². The second-order valence-corrected chi connectivity index (χ2v) is 6.02. The molecule has 0 N–H and O–H groups in total. The molecule has 3 aromatic carbocycles. The van der Waals surface area contributed by atoms with E-state index in [2.05, 4.69) is 37.3 Å². The van der Waals surface area contributed by atoms with Gasteiger partial charge in [0.05, 0.1) is 5.39 Å². The number of hydrogen-bond donors (Lipinski definition) is 0. The maximum absolute atomic E-state index is 12.4. The number of fused-ring (bicyclic) bond motifs is 3. The average Bonchev–Trinajstić information content (AvgIpc) is 2.55. The first kappa shape index (κ1) is 13.8. The van der Waals surface area contributed by atoms with Gasteiger partial charge < -0.3 is 4.42 Å². The third-order valence-corrected chi connectivity index (χ3v) is 4.25. The molecule has 23 heavy (non-hydrogen) atoms. The van der Waals surface area contributed by atoms with Crippen molar-refractivity contribution >= 4 is 21.7 Å². The molecule has 0 spiro atoms. The lowest BCUT2D eigenvalue weighted by Crippen LogP contribution is -2.00. The van der Waals surface area contributed by atoms with E-state index in [1.807, 2.05) is 37.3 Å². The molecular weight excluding hydrogens is 284 g/mol. The first-order valence-corrected chi connectivity index (χ1v) is 7.66. The Labute approximate surface area is 134 Å². The maximum Gasteiger partial charge on any atom is 0.344 e. The monoisotopic (exact) mass is 300 g/mol.